The van der Waals surface area contributed by atoms with Crippen molar-refractivity contribution in [3.8, 4) is 0 Å². The maximum atomic E-state index is 11.6. The number of carbonyl (C=O) groups excluding carboxylic acids is 1. The van der Waals surface area contributed by atoms with Gasteiger partial charge < -0.3 is 10.2 Å². The minimum Gasteiger partial charge on any atom is -0.339 e. The molecule has 1 aliphatic rings. The highest BCUT2D eigenvalue weighted by molar-refractivity contribution is 7.90. The molecule has 7 heteroatoms. The fourth-order valence-corrected chi connectivity index (χ4v) is 2.14. The van der Waals surface area contributed by atoms with Crippen LogP contribution in [0.3, 0.4) is 0 Å². The van der Waals surface area contributed by atoms with Gasteiger partial charge in [-0.25, -0.2) is 13.1 Å². The predicted molar refractivity (Wildman–Crippen MR) is 56.9 cm³/mol. The Kier molecular flexibility index (Phi) is 4.06. The third kappa shape index (κ3) is 3.77. The average molecular weight is 235 g/mol. The summed E-state index contributed by atoms with van der Waals surface area (Å²) in [7, 11) is -2.14. The van der Waals surface area contributed by atoms with Gasteiger partial charge in [-0.05, 0) is 14.0 Å². The first-order valence-corrected chi connectivity index (χ1v) is 6.52. The summed E-state index contributed by atoms with van der Waals surface area (Å²) in [5.74, 6) is -0.798. The standard InChI is InChI=1S/C8H17N3O3S/c1-7-5-11(4-3-10-7)8(12)6-15(13,14)9-2/h7,9-10H,3-6H2,1-2H3/t7-/m0/s1. The molecule has 1 amide bonds. The van der Waals surface area contributed by atoms with Gasteiger partial charge in [-0.15, -0.1) is 0 Å². The Morgan fingerprint density at radius 1 is 1.60 bits per heavy atom. The topological polar surface area (TPSA) is 78.5 Å². The Morgan fingerprint density at radius 2 is 2.27 bits per heavy atom. The molecular formula is C8H17N3O3S. The maximum absolute atomic E-state index is 11.6. The van der Waals surface area contributed by atoms with Crippen LogP contribution < -0.4 is 10.0 Å². The average Bonchev–Trinajstić information content (AvgIpc) is 2.17. The zero-order chi connectivity index (χ0) is 11.5. The third-order valence-corrected chi connectivity index (χ3v) is 3.59. The summed E-state index contributed by atoms with van der Waals surface area (Å²) in [5.41, 5.74) is 0. The number of hydrogen-bond donors (Lipinski definition) is 2. The highest BCUT2D eigenvalue weighted by Crippen LogP contribution is 2.00. The molecule has 1 heterocycles. The SMILES string of the molecule is CNS(=O)(=O)CC(=O)N1CCN[C@@H](C)C1. The first kappa shape index (κ1) is 12.4. The molecule has 6 nitrogen and oxygen atoms in total. The van der Waals surface area contributed by atoms with E-state index in [2.05, 4.69) is 10.0 Å². The quantitative estimate of drug-likeness (QED) is 0.615. The minimum absolute atomic E-state index is 0.222. The van der Waals surface area contributed by atoms with Gasteiger partial charge in [-0.3, -0.25) is 4.79 Å². The molecule has 0 aliphatic carbocycles. The lowest BCUT2D eigenvalue weighted by atomic mass is 10.2. The van der Waals surface area contributed by atoms with Crippen molar-refractivity contribution < 1.29 is 13.2 Å². The number of nitrogens with zero attached hydrogens (tertiary/aromatic N) is 1. The second-order valence-electron chi connectivity index (χ2n) is 3.66. The maximum Gasteiger partial charge on any atom is 0.239 e. The first-order valence-electron chi connectivity index (χ1n) is 4.87. The van der Waals surface area contributed by atoms with E-state index in [4.69, 9.17) is 0 Å². The van der Waals surface area contributed by atoms with E-state index in [1.807, 2.05) is 6.92 Å². The van der Waals surface area contributed by atoms with Crippen molar-refractivity contribution in [2.24, 2.45) is 0 Å². The van der Waals surface area contributed by atoms with E-state index in [0.29, 0.717) is 19.6 Å². The van der Waals surface area contributed by atoms with Crippen LogP contribution >= 0.6 is 0 Å². The van der Waals surface area contributed by atoms with Gasteiger partial charge in [0, 0.05) is 25.7 Å². The number of piperazine rings is 1. The molecule has 0 spiro atoms. The number of sulfonamides is 1. The van der Waals surface area contributed by atoms with Crippen LogP contribution in [-0.2, 0) is 14.8 Å². The summed E-state index contributed by atoms with van der Waals surface area (Å²) in [6.07, 6.45) is 0. The summed E-state index contributed by atoms with van der Waals surface area (Å²) < 4.78 is 24.5. The van der Waals surface area contributed by atoms with Gasteiger partial charge in [0.1, 0.15) is 5.75 Å². The van der Waals surface area contributed by atoms with Crippen LogP contribution in [-0.4, -0.2) is 57.7 Å². The summed E-state index contributed by atoms with van der Waals surface area (Å²) in [6, 6.07) is 0.222. The van der Waals surface area contributed by atoms with Crippen molar-refractivity contribution in [1.82, 2.24) is 14.9 Å². The van der Waals surface area contributed by atoms with Gasteiger partial charge in [-0.1, -0.05) is 0 Å². The fourth-order valence-electron chi connectivity index (χ4n) is 1.48. The summed E-state index contributed by atoms with van der Waals surface area (Å²) >= 11 is 0. The smallest absolute Gasteiger partial charge is 0.239 e. The van der Waals surface area contributed by atoms with Gasteiger partial charge in [0.05, 0.1) is 0 Å². The second kappa shape index (κ2) is 4.91. The molecule has 15 heavy (non-hydrogen) atoms. The molecule has 1 atom stereocenters. The van der Waals surface area contributed by atoms with E-state index in [0.717, 1.165) is 0 Å². The van der Waals surface area contributed by atoms with Crippen LogP contribution in [0.25, 0.3) is 0 Å². The third-order valence-electron chi connectivity index (χ3n) is 2.35. The largest absolute Gasteiger partial charge is 0.339 e. The van der Waals surface area contributed by atoms with Crippen molar-refractivity contribution in [3.63, 3.8) is 0 Å². The van der Waals surface area contributed by atoms with Crippen LogP contribution in [0.15, 0.2) is 0 Å². The monoisotopic (exact) mass is 235 g/mol. The molecule has 1 saturated heterocycles. The normalized spacial score (nSPS) is 22.8. The van der Waals surface area contributed by atoms with E-state index in [-0.39, 0.29) is 11.9 Å². The lowest BCUT2D eigenvalue weighted by Crippen LogP contribution is -2.53. The molecule has 2 N–H and O–H groups in total. The molecule has 0 bridgehead atoms. The molecule has 0 unspecified atom stereocenters. The van der Waals surface area contributed by atoms with Crippen molar-refractivity contribution in [3.05, 3.63) is 0 Å². The van der Waals surface area contributed by atoms with Crippen molar-refractivity contribution in [2.75, 3.05) is 32.4 Å². The number of rotatable bonds is 3. The number of hydrogen-bond acceptors (Lipinski definition) is 4. The van der Waals surface area contributed by atoms with Crippen molar-refractivity contribution in [2.45, 2.75) is 13.0 Å². The molecule has 0 radical (unpaired) electrons. The molecule has 1 fully saturated rings. The fraction of sp³-hybridized carbons (Fsp3) is 0.875. The van der Waals surface area contributed by atoms with Crippen LogP contribution in [0.5, 0.6) is 0 Å². The zero-order valence-electron chi connectivity index (χ0n) is 8.99. The van der Waals surface area contributed by atoms with Gasteiger partial charge in [-0.2, -0.15) is 0 Å². The van der Waals surface area contributed by atoms with E-state index < -0.39 is 15.8 Å². The Hall–Kier alpha value is -0.660. The zero-order valence-corrected chi connectivity index (χ0v) is 9.80. The second-order valence-corrected chi connectivity index (χ2v) is 5.58. The number of carbonyl (C=O) groups is 1. The van der Waals surface area contributed by atoms with E-state index in [9.17, 15) is 13.2 Å². The highest BCUT2D eigenvalue weighted by atomic mass is 32.2. The first-order chi connectivity index (χ1) is 6.94. The Bertz CT molecular complexity index is 328. The predicted octanol–water partition coefficient (Wildman–Crippen LogP) is -1.64. The van der Waals surface area contributed by atoms with Crippen molar-refractivity contribution in [1.29, 1.82) is 0 Å². The van der Waals surface area contributed by atoms with E-state index >= 15 is 0 Å². The molecule has 0 saturated carbocycles. The van der Waals surface area contributed by atoms with Crippen LogP contribution in [0.1, 0.15) is 6.92 Å². The summed E-state index contributed by atoms with van der Waals surface area (Å²) in [5, 5.41) is 3.18. The molecule has 1 aliphatic heterocycles. The summed E-state index contributed by atoms with van der Waals surface area (Å²) in [4.78, 5) is 13.2. The highest BCUT2D eigenvalue weighted by Gasteiger charge is 2.24. The lowest BCUT2D eigenvalue weighted by molar-refractivity contribution is -0.129. The summed E-state index contributed by atoms with van der Waals surface area (Å²) in [6.45, 7) is 3.82. The molecule has 88 valence electrons. The molecular weight excluding hydrogens is 218 g/mol. The van der Waals surface area contributed by atoms with Gasteiger partial charge in [0.15, 0.2) is 0 Å². The van der Waals surface area contributed by atoms with Crippen molar-refractivity contribution >= 4 is 15.9 Å². The molecule has 1 rings (SSSR count). The Balaban J connectivity index is 2.53. The van der Waals surface area contributed by atoms with E-state index in [1.54, 1.807) is 4.90 Å². The van der Waals surface area contributed by atoms with Gasteiger partial charge in [0.25, 0.3) is 0 Å². The lowest BCUT2D eigenvalue weighted by Gasteiger charge is -2.31. The minimum atomic E-state index is -3.45. The van der Waals surface area contributed by atoms with Crippen LogP contribution in [0, 0.1) is 0 Å². The Labute approximate surface area is 90.1 Å². The molecule has 0 aromatic carbocycles. The van der Waals surface area contributed by atoms with Gasteiger partial charge in [0.2, 0.25) is 15.9 Å². The number of nitrogens with one attached hydrogen (secondary N) is 2. The van der Waals surface area contributed by atoms with Crippen LogP contribution in [0.4, 0.5) is 0 Å². The van der Waals surface area contributed by atoms with Crippen LogP contribution in [0.2, 0.25) is 0 Å². The van der Waals surface area contributed by atoms with Gasteiger partial charge >= 0.3 is 0 Å². The Morgan fingerprint density at radius 3 is 2.80 bits per heavy atom. The van der Waals surface area contributed by atoms with E-state index in [1.165, 1.54) is 7.05 Å². The molecule has 0 aromatic heterocycles. The number of amides is 1. The molecule has 0 aromatic rings.